The number of rotatable bonds is 8. The van der Waals surface area contributed by atoms with Gasteiger partial charge in [0.05, 0.1) is 18.8 Å². The molecule has 1 atom stereocenters. The quantitative estimate of drug-likeness (QED) is 0.633. The number of methoxy groups -OCH3 is 2. The maximum Gasteiger partial charge on any atom is 0.246 e. The number of hydrogen-bond acceptors (Lipinski definition) is 4. The molecule has 0 heterocycles. The second kappa shape index (κ2) is 8.64. The predicted octanol–water partition coefficient (Wildman–Crippen LogP) is 0.189. The highest BCUT2D eigenvalue weighted by molar-refractivity contribution is 5.77. The van der Waals surface area contributed by atoms with E-state index in [1.165, 1.54) is 0 Å². The van der Waals surface area contributed by atoms with Gasteiger partial charge < -0.3 is 19.5 Å². The Hall–Kier alpha value is -0.650. The summed E-state index contributed by atoms with van der Waals surface area (Å²) in [4.78, 5) is 11.2. The van der Waals surface area contributed by atoms with Gasteiger partial charge in [0.15, 0.2) is 0 Å². The summed E-state index contributed by atoms with van der Waals surface area (Å²) in [6, 6.07) is 0. The topological polar surface area (TPSA) is 56.8 Å². The maximum absolute atomic E-state index is 11.2. The average molecular weight is 219 g/mol. The van der Waals surface area contributed by atoms with Crippen molar-refractivity contribution in [3.63, 3.8) is 0 Å². The van der Waals surface area contributed by atoms with Gasteiger partial charge in [0.1, 0.15) is 6.61 Å². The lowest BCUT2D eigenvalue weighted by atomic mass is 10.3. The van der Waals surface area contributed by atoms with Gasteiger partial charge in [-0.2, -0.15) is 0 Å². The number of carbonyl (C=O) groups is 1. The molecule has 0 saturated heterocycles. The lowest BCUT2D eigenvalue weighted by Gasteiger charge is -2.15. The molecule has 0 aliphatic carbocycles. The van der Waals surface area contributed by atoms with Gasteiger partial charge in [-0.05, 0) is 13.8 Å². The Labute approximate surface area is 91.1 Å². The zero-order valence-corrected chi connectivity index (χ0v) is 9.91. The SMILES string of the molecule is COCC(CNC(=O)COC(C)C)OC. The van der Waals surface area contributed by atoms with Crippen LogP contribution in [0, 0.1) is 0 Å². The van der Waals surface area contributed by atoms with E-state index in [2.05, 4.69) is 5.32 Å². The summed E-state index contributed by atoms with van der Waals surface area (Å²) in [5.74, 6) is -0.137. The van der Waals surface area contributed by atoms with E-state index in [1.807, 2.05) is 13.8 Å². The van der Waals surface area contributed by atoms with Crippen LogP contribution in [0.15, 0.2) is 0 Å². The summed E-state index contributed by atoms with van der Waals surface area (Å²) in [6.07, 6.45) is -0.0500. The Bertz CT molecular complexity index is 173. The summed E-state index contributed by atoms with van der Waals surface area (Å²) in [5, 5.41) is 2.70. The van der Waals surface area contributed by atoms with Gasteiger partial charge in [0.2, 0.25) is 5.91 Å². The molecule has 0 aromatic rings. The van der Waals surface area contributed by atoms with Crippen molar-refractivity contribution in [2.24, 2.45) is 0 Å². The number of amides is 1. The molecule has 0 rings (SSSR count). The Balaban J connectivity index is 3.59. The predicted molar refractivity (Wildman–Crippen MR) is 56.8 cm³/mol. The zero-order valence-electron chi connectivity index (χ0n) is 9.91. The molecule has 0 saturated carbocycles. The minimum absolute atomic E-state index is 0.0629. The van der Waals surface area contributed by atoms with Crippen LogP contribution in [0.4, 0.5) is 0 Å². The van der Waals surface area contributed by atoms with Gasteiger partial charge in [0, 0.05) is 20.8 Å². The average Bonchev–Trinajstić information content (AvgIpc) is 2.21. The number of ether oxygens (including phenoxy) is 3. The minimum Gasteiger partial charge on any atom is -0.382 e. The zero-order chi connectivity index (χ0) is 11.7. The molecule has 0 aliphatic rings. The van der Waals surface area contributed by atoms with Crippen LogP contribution < -0.4 is 5.32 Å². The standard InChI is InChI=1S/C10H21NO4/c1-8(2)15-7-10(12)11-5-9(14-4)6-13-3/h8-9H,5-7H2,1-4H3,(H,11,12). The van der Waals surface area contributed by atoms with Gasteiger partial charge in [0.25, 0.3) is 0 Å². The first kappa shape index (κ1) is 14.3. The number of hydrogen-bond donors (Lipinski definition) is 1. The molecule has 0 aromatic heterocycles. The molecular weight excluding hydrogens is 198 g/mol. The molecule has 1 N–H and O–H groups in total. The van der Waals surface area contributed by atoms with E-state index in [0.717, 1.165) is 0 Å². The summed E-state index contributed by atoms with van der Waals surface area (Å²) in [7, 11) is 3.18. The Morgan fingerprint density at radius 3 is 2.47 bits per heavy atom. The fourth-order valence-electron chi connectivity index (χ4n) is 0.917. The minimum atomic E-state index is -0.137. The molecule has 0 aromatic carbocycles. The second-order valence-electron chi connectivity index (χ2n) is 3.48. The molecule has 1 amide bonds. The van der Waals surface area contributed by atoms with Crippen LogP contribution in [0.5, 0.6) is 0 Å². The van der Waals surface area contributed by atoms with Gasteiger partial charge >= 0.3 is 0 Å². The van der Waals surface area contributed by atoms with Crippen LogP contribution in [-0.2, 0) is 19.0 Å². The van der Waals surface area contributed by atoms with E-state index in [-0.39, 0.29) is 24.7 Å². The van der Waals surface area contributed by atoms with Crippen LogP contribution in [0.3, 0.4) is 0 Å². The molecular formula is C10H21NO4. The van der Waals surface area contributed by atoms with Gasteiger partial charge in [-0.25, -0.2) is 0 Å². The van der Waals surface area contributed by atoms with E-state index in [4.69, 9.17) is 14.2 Å². The highest BCUT2D eigenvalue weighted by Crippen LogP contribution is 1.90. The summed E-state index contributed by atoms with van der Waals surface area (Å²) in [5.41, 5.74) is 0. The first-order valence-corrected chi connectivity index (χ1v) is 5.00. The van der Waals surface area contributed by atoms with E-state index >= 15 is 0 Å². The van der Waals surface area contributed by atoms with Crippen LogP contribution in [-0.4, -0.2) is 52.1 Å². The lowest BCUT2D eigenvalue weighted by Crippen LogP contribution is -2.37. The molecule has 5 nitrogen and oxygen atoms in total. The van der Waals surface area contributed by atoms with Crippen molar-refractivity contribution < 1.29 is 19.0 Å². The van der Waals surface area contributed by atoms with Gasteiger partial charge in [-0.1, -0.05) is 0 Å². The van der Waals surface area contributed by atoms with Crippen molar-refractivity contribution in [2.75, 3.05) is 34.0 Å². The largest absolute Gasteiger partial charge is 0.382 e. The fourth-order valence-corrected chi connectivity index (χ4v) is 0.917. The highest BCUT2D eigenvalue weighted by atomic mass is 16.5. The van der Waals surface area contributed by atoms with Crippen molar-refractivity contribution in [1.29, 1.82) is 0 Å². The van der Waals surface area contributed by atoms with Crippen LogP contribution in [0.25, 0.3) is 0 Å². The molecule has 1 unspecified atom stereocenters. The van der Waals surface area contributed by atoms with Crippen LogP contribution in [0.2, 0.25) is 0 Å². The molecule has 0 spiro atoms. The first-order chi connectivity index (χ1) is 7.10. The second-order valence-corrected chi connectivity index (χ2v) is 3.48. The summed E-state index contributed by atoms with van der Waals surface area (Å²) >= 11 is 0. The number of nitrogens with one attached hydrogen (secondary N) is 1. The van der Waals surface area contributed by atoms with Gasteiger partial charge in [-0.15, -0.1) is 0 Å². The third-order valence-corrected chi connectivity index (χ3v) is 1.76. The summed E-state index contributed by atoms with van der Waals surface area (Å²) < 4.78 is 15.1. The first-order valence-electron chi connectivity index (χ1n) is 5.00. The molecule has 5 heteroatoms. The molecule has 0 bridgehead atoms. The van der Waals surface area contributed by atoms with Gasteiger partial charge in [-0.3, -0.25) is 4.79 Å². The molecule has 0 aliphatic heterocycles. The highest BCUT2D eigenvalue weighted by Gasteiger charge is 2.09. The van der Waals surface area contributed by atoms with Crippen LogP contribution in [0.1, 0.15) is 13.8 Å². The van der Waals surface area contributed by atoms with Crippen LogP contribution >= 0.6 is 0 Å². The lowest BCUT2D eigenvalue weighted by molar-refractivity contribution is -0.127. The fraction of sp³-hybridized carbons (Fsp3) is 0.900. The third-order valence-electron chi connectivity index (χ3n) is 1.76. The Morgan fingerprint density at radius 1 is 1.33 bits per heavy atom. The molecule has 0 fully saturated rings. The maximum atomic E-state index is 11.2. The monoisotopic (exact) mass is 219 g/mol. The van der Waals surface area contributed by atoms with E-state index in [0.29, 0.717) is 13.2 Å². The van der Waals surface area contributed by atoms with Crippen molar-refractivity contribution in [3.8, 4) is 0 Å². The molecule has 15 heavy (non-hydrogen) atoms. The van der Waals surface area contributed by atoms with Crippen molar-refractivity contribution >= 4 is 5.91 Å². The van der Waals surface area contributed by atoms with Crippen molar-refractivity contribution in [1.82, 2.24) is 5.32 Å². The Kier molecular flexibility index (Phi) is 8.27. The molecule has 90 valence electrons. The number of carbonyl (C=O) groups excluding carboxylic acids is 1. The summed E-state index contributed by atoms with van der Waals surface area (Å²) in [6.45, 7) is 4.75. The van der Waals surface area contributed by atoms with E-state index in [9.17, 15) is 4.79 Å². The van der Waals surface area contributed by atoms with Crippen molar-refractivity contribution in [3.05, 3.63) is 0 Å². The Morgan fingerprint density at radius 2 is 2.00 bits per heavy atom. The third kappa shape index (κ3) is 8.35. The van der Waals surface area contributed by atoms with E-state index in [1.54, 1.807) is 14.2 Å². The molecule has 0 radical (unpaired) electrons. The van der Waals surface area contributed by atoms with Crippen molar-refractivity contribution in [2.45, 2.75) is 26.1 Å². The normalized spacial score (nSPS) is 12.9. The smallest absolute Gasteiger partial charge is 0.246 e. The van der Waals surface area contributed by atoms with E-state index < -0.39 is 0 Å².